The predicted octanol–water partition coefficient (Wildman–Crippen LogP) is 5.09. The van der Waals surface area contributed by atoms with Gasteiger partial charge in [-0.15, -0.1) is 0 Å². The summed E-state index contributed by atoms with van der Waals surface area (Å²) < 4.78 is 38.8. The number of pyridine rings is 1. The fourth-order valence-corrected chi connectivity index (χ4v) is 5.67. The van der Waals surface area contributed by atoms with Crippen molar-refractivity contribution >= 4 is 39.7 Å². The highest BCUT2D eigenvalue weighted by molar-refractivity contribution is 6.03. The monoisotopic (exact) mass is 524 g/mol. The normalized spacial score (nSPS) is 22.6. The molecule has 2 N–H and O–H groups in total. The summed E-state index contributed by atoms with van der Waals surface area (Å²) in [6.07, 6.45) is 6.31. The lowest BCUT2D eigenvalue weighted by Crippen LogP contribution is -2.58. The molecule has 1 aromatic carbocycles. The Balaban J connectivity index is 1.26. The maximum atomic E-state index is 13.3. The van der Waals surface area contributed by atoms with Gasteiger partial charge < -0.3 is 14.7 Å². The number of hydrogen-bond acceptors (Lipinski definition) is 5. The molecule has 0 saturated carbocycles. The molecular formula is C28H31F3N6O. The fourth-order valence-electron chi connectivity index (χ4n) is 5.67. The SMILES string of the molecule is C[C@@H]1CN(c2ccnc3cc(C4=CCCC=C4)ccc23)CC[C@@H]1C(=O)N1CCN(C(=N)C(F)(F)F)C(=N)C1. The van der Waals surface area contributed by atoms with E-state index in [1.165, 1.54) is 10.5 Å². The Morgan fingerprint density at radius 2 is 1.95 bits per heavy atom. The Morgan fingerprint density at radius 3 is 2.63 bits per heavy atom. The fraction of sp³-hybridized carbons (Fsp3) is 0.429. The van der Waals surface area contributed by atoms with E-state index in [2.05, 4.69) is 46.3 Å². The summed E-state index contributed by atoms with van der Waals surface area (Å²) >= 11 is 0. The van der Waals surface area contributed by atoms with E-state index in [1.807, 2.05) is 19.2 Å². The maximum absolute atomic E-state index is 13.3. The quantitative estimate of drug-likeness (QED) is 0.433. The van der Waals surface area contributed by atoms with Crippen LogP contribution in [0.2, 0.25) is 0 Å². The van der Waals surface area contributed by atoms with Crippen LogP contribution < -0.4 is 4.90 Å². The molecule has 0 spiro atoms. The molecule has 2 saturated heterocycles. The first kappa shape index (κ1) is 25.9. The number of allylic oxidation sites excluding steroid dienone is 4. The number of benzene rings is 1. The third-order valence-corrected chi connectivity index (χ3v) is 7.72. The van der Waals surface area contributed by atoms with Crippen molar-refractivity contribution in [3.63, 3.8) is 0 Å². The summed E-state index contributed by atoms with van der Waals surface area (Å²) in [6.45, 7) is 3.02. The third kappa shape index (κ3) is 5.04. The number of nitrogens with zero attached hydrogens (tertiary/aromatic N) is 4. The summed E-state index contributed by atoms with van der Waals surface area (Å²) in [4.78, 5) is 22.3. The van der Waals surface area contributed by atoms with Gasteiger partial charge in [0.1, 0.15) is 5.84 Å². The number of halogens is 3. The van der Waals surface area contributed by atoms with Crippen molar-refractivity contribution in [1.29, 1.82) is 10.8 Å². The molecule has 2 aromatic rings. The molecule has 10 heteroatoms. The molecule has 0 bridgehead atoms. The molecule has 3 heterocycles. The summed E-state index contributed by atoms with van der Waals surface area (Å²) in [7, 11) is 0. The zero-order valence-electron chi connectivity index (χ0n) is 21.3. The highest BCUT2D eigenvalue weighted by atomic mass is 19.4. The van der Waals surface area contributed by atoms with Gasteiger partial charge in [0.05, 0.1) is 12.1 Å². The Morgan fingerprint density at radius 1 is 1.13 bits per heavy atom. The van der Waals surface area contributed by atoms with Gasteiger partial charge in [0.15, 0.2) is 0 Å². The smallest absolute Gasteiger partial charge is 0.371 e. The topological polar surface area (TPSA) is 87.4 Å². The molecule has 3 aliphatic rings. The molecule has 2 aliphatic heterocycles. The number of anilines is 1. The van der Waals surface area contributed by atoms with Gasteiger partial charge in [-0.2, -0.15) is 13.2 Å². The van der Waals surface area contributed by atoms with Gasteiger partial charge in [-0.1, -0.05) is 37.3 Å². The van der Waals surface area contributed by atoms with E-state index in [1.54, 1.807) is 0 Å². The second-order valence-electron chi connectivity index (χ2n) is 10.2. The molecule has 7 nitrogen and oxygen atoms in total. The lowest BCUT2D eigenvalue weighted by molar-refractivity contribution is -0.137. The van der Waals surface area contributed by atoms with Crippen molar-refractivity contribution in [2.45, 2.75) is 32.4 Å². The highest BCUT2D eigenvalue weighted by Crippen LogP contribution is 2.34. The van der Waals surface area contributed by atoms with Crippen LogP contribution in [-0.4, -0.2) is 71.3 Å². The van der Waals surface area contributed by atoms with Crippen molar-refractivity contribution in [2.75, 3.05) is 37.6 Å². The van der Waals surface area contributed by atoms with Crippen molar-refractivity contribution in [3.8, 4) is 0 Å². The zero-order chi connectivity index (χ0) is 27.0. The van der Waals surface area contributed by atoms with Crippen LogP contribution in [0.15, 0.2) is 48.7 Å². The van der Waals surface area contributed by atoms with Crippen LogP contribution in [0.1, 0.15) is 31.7 Å². The minimum absolute atomic E-state index is 0.0250. The molecule has 200 valence electrons. The predicted molar refractivity (Wildman–Crippen MR) is 142 cm³/mol. The van der Waals surface area contributed by atoms with Crippen LogP contribution in [0.3, 0.4) is 0 Å². The van der Waals surface area contributed by atoms with Crippen LogP contribution in [0.5, 0.6) is 0 Å². The van der Waals surface area contributed by atoms with Gasteiger partial charge >= 0.3 is 6.18 Å². The molecule has 2 fully saturated rings. The average molecular weight is 525 g/mol. The molecule has 0 radical (unpaired) electrons. The zero-order valence-corrected chi connectivity index (χ0v) is 21.3. The Kier molecular flexibility index (Phi) is 6.98. The molecule has 1 aromatic heterocycles. The summed E-state index contributed by atoms with van der Waals surface area (Å²) in [6, 6.07) is 8.36. The van der Waals surface area contributed by atoms with Crippen LogP contribution in [0.4, 0.5) is 18.9 Å². The molecule has 38 heavy (non-hydrogen) atoms. The standard InChI is InChI=1S/C28H31F3N6O/c1-18-16-35(24-9-11-34-23-15-20(7-8-22(23)24)19-5-3-2-4-6-19)12-10-21(18)26(38)36-13-14-37(25(32)17-36)27(33)28(29,30)31/h3,5-9,11,15,18,21,32-33H,2,4,10,12-14,16-17H2,1H3/t18-,21+/m1/s1. The number of carbonyl (C=O) groups is 1. The van der Waals surface area contributed by atoms with Gasteiger partial charge in [-0.05, 0) is 48.4 Å². The van der Waals surface area contributed by atoms with Crippen LogP contribution >= 0.6 is 0 Å². The number of rotatable bonds is 3. The number of aromatic nitrogens is 1. The van der Waals surface area contributed by atoms with E-state index in [0.29, 0.717) is 24.4 Å². The summed E-state index contributed by atoms with van der Waals surface area (Å²) in [5, 5.41) is 16.4. The Labute approximate surface area is 219 Å². The van der Waals surface area contributed by atoms with Crippen molar-refractivity contribution in [3.05, 3.63) is 54.3 Å². The molecular weight excluding hydrogens is 493 g/mol. The lowest BCUT2D eigenvalue weighted by atomic mass is 9.85. The van der Waals surface area contributed by atoms with Crippen molar-refractivity contribution < 1.29 is 18.0 Å². The first-order valence-corrected chi connectivity index (χ1v) is 12.9. The van der Waals surface area contributed by atoms with Gasteiger partial charge in [-0.3, -0.25) is 20.6 Å². The Hall–Kier alpha value is -3.69. The van der Waals surface area contributed by atoms with Crippen molar-refractivity contribution in [2.24, 2.45) is 11.8 Å². The summed E-state index contributed by atoms with van der Waals surface area (Å²) in [5.41, 5.74) is 4.36. The van der Waals surface area contributed by atoms with Crippen LogP contribution in [0.25, 0.3) is 16.5 Å². The van der Waals surface area contributed by atoms with Gasteiger partial charge in [0.25, 0.3) is 0 Å². The Bertz CT molecular complexity index is 1330. The van der Waals surface area contributed by atoms with Crippen LogP contribution in [-0.2, 0) is 4.79 Å². The molecule has 1 aliphatic carbocycles. The highest BCUT2D eigenvalue weighted by Gasteiger charge is 2.43. The third-order valence-electron chi connectivity index (χ3n) is 7.72. The number of hydrogen-bond donors (Lipinski definition) is 2. The molecule has 5 rings (SSSR count). The minimum Gasteiger partial charge on any atom is -0.371 e. The molecule has 2 atom stereocenters. The number of piperazine rings is 1. The maximum Gasteiger partial charge on any atom is 0.449 e. The second kappa shape index (κ2) is 10.2. The summed E-state index contributed by atoms with van der Waals surface area (Å²) in [5.74, 6) is -2.30. The number of fused-ring (bicyclic) bond motifs is 1. The van der Waals surface area contributed by atoms with E-state index in [9.17, 15) is 18.0 Å². The number of amidine groups is 2. The van der Waals surface area contributed by atoms with Gasteiger partial charge in [0, 0.05) is 49.4 Å². The van der Waals surface area contributed by atoms with Crippen LogP contribution in [0, 0.1) is 22.7 Å². The van der Waals surface area contributed by atoms with Crippen molar-refractivity contribution in [1.82, 2.24) is 14.8 Å². The van der Waals surface area contributed by atoms with E-state index < -0.39 is 12.0 Å². The minimum atomic E-state index is -4.82. The first-order chi connectivity index (χ1) is 18.1. The van der Waals surface area contributed by atoms with Gasteiger partial charge in [0.2, 0.25) is 11.7 Å². The number of amides is 1. The largest absolute Gasteiger partial charge is 0.449 e. The second-order valence-corrected chi connectivity index (χ2v) is 10.2. The average Bonchev–Trinajstić information content (AvgIpc) is 2.91. The first-order valence-electron chi connectivity index (χ1n) is 12.9. The molecule has 1 amide bonds. The number of carbonyl (C=O) groups excluding carboxylic acids is 1. The number of alkyl halides is 3. The van der Waals surface area contributed by atoms with E-state index in [0.717, 1.165) is 35.0 Å². The van der Waals surface area contributed by atoms with E-state index in [4.69, 9.17) is 10.8 Å². The van der Waals surface area contributed by atoms with Gasteiger partial charge in [-0.25, -0.2) is 0 Å². The van der Waals surface area contributed by atoms with E-state index >= 15 is 0 Å². The van der Waals surface area contributed by atoms with E-state index in [-0.39, 0.29) is 43.2 Å². The number of piperidine rings is 1. The lowest BCUT2D eigenvalue weighted by Gasteiger charge is -2.42. The molecule has 0 unspecified atom stereocenters. The number of nitrogens with one attached hydrogen (secondary N) is 2.